The smallest absolute Gasteiger partial charge is 0.0233 e. The van der Waals surface area contributed by atoms with Crippen molar-refractivity contribution in [3.63, 3.8) is 0 Å². The van der Waals surface area contributed by atoms with E-state index in [-0.39, 0.29) is 0 Å². The molecular formula is C17H27NS. The number of thioether (sulfide) groups is 1. The Labute approximate surface area is 122 Å². The second-order valence-electron chi connectivity index (χ2n) is 6.20. The van der Waals surface area contributed by atoms with E-state index in [4.69, 9.17) is 0 Å². The van der Waals surface area contributed by atoms with E-state index < -0.39 is 0 Å². The molecule has 1 aromatic rings. The Balaban J connectivity index is 1.78. The lowest BCUT2D eigenvalue weighted by Crippen LogP contribution is -2.33. The van der Waals surface area contributed by atoms with Gasteiger partial charge < -0.3 is 0 Å². The van der Waals surface area contributed by atoms with Gasteiger partial charge in [0, 0.05) is 11.4 Å². The molecule has 0 saturated carbocycles. The zero-order valence-electron chi connectivity index (χ0n) is 12.6. The molecule has 0 bridgehead atoms. The van der Waals surface area contributed by atoms with Crippen LogP contribution in [0.2, 0.25) is 0 Å². The maximum Gasteiger partial charge on any atom is 0.0233 e. The first-order valence-corrected chi connectivity index (χ1v) is 8.75. The van der Waals surface area contributed by atoms with Crippen LogP contribution in [0.1, 0.15) is 38.7 Å². The van der Waals surface area contributed by atoms with Crippen LogP contribution in [0.3, 0.4) is 0 Å². The van der Waals surface area contributed by atoms with Crippen LogP contribution in [0.15, 0.2) is 29.2 Å². The molecule has 0 radical (unpaired) electrons. The van der Waals surface area contributed by atoms with Gasteiger partial charge in [0.15, 0.2) is 0 Å². The first-order valence-electron chi connectivity index (χ1n) is 7.52. The normalized spacial score (nSPS) is 18.1. The highest BCUT2D eigenvalue weighted by Gasteiger charge is 2.19. The monoisotopic (exact) mass is 277 g/mol. The highest BCUT2D eigenvalue weighted by atomic mass is 32.2. The standard InChI is InChI=1S/C17H27NS/c1-14(2)12-15-8-10-18(11-9-15)13-16-4-6-17(19-3)7-5-16/h4-7,14-15H,8-13H2,1-3H3. The zero-order chi connectivity index (χ0) is 13.7. The molecule has 0 N–H and O–H groups in total. The Bertz CT molecular complexity index is 363. The molecule has 106 valence electrons. The van der Waals surface area contributed by atoms with Crippen LogP contribution < -0.4 is 0 Å². The minimum absolute atomic E-state index is 0.857. The van der Waals surface area contributed by atoms with E-state index in [2.05, 4.69) is 49.3 Å². The molecule has 0 amide bonds. The molecule has 1 saturated heterocycles. The summed E-state index contributed by atoms with van der Waals surface area (Å²) >= 11 is 1.82. The maximum absolute atomic E-state index is 2.62. The number of likely N-dealkylation sites (tertiary alicyclic amines) is 1. The van der Waals surface area contributed by atoms with Crippen molar-refractivity contribution >= 4 is 11.8 Å². The Morgan fingerprint density at radius 1 is 1.16 bits per heavy atom. The van der Waals surface area contributed by atoms with Crippen LogP contribution in [-0.2, 0) is 6.54 Å². The molecule has 1 nitrogen and oxygen atoms in total. The van der Waals surface area contributed by atoms with Crippen LogP contribution in [0.25, 0.3) is 0 Å². The van der Waals surface area contributed by atoms with Crippen molar-refractivity contribution in [2.45, 2.75) is 44.6 Å². The average Bonchev–Trinajstić information content (AvgIpc) is 2.41. The number of nitrogens with zero attached hydrogens (tertiary/aromatic N) is 1. The molecule has 1 aliphatic heterocycles. The summed E-state index contributed by atoms with van der Waals surface area (Å²) in [6, 6.07) is 9.05. The van der Waals surface area contributed by atoms with Crippen molar-refractivity contribution in [1.29, 1.82) is 0 Å². The van der Waals surface area contributed by atoms with Crippen LogP contribution >= 0.6 is 11.8 Å². The van der Waals surface area contributed by atoms with Gasteiger partial charge in [-0.05, 0) is 68.1 Å². The predicted octanol–water partition coefficient (Wildman–Crippen LogP) is 4.67. The highest BCUT2D eigenvalue weighted by molar-refractivity contribution is 7.98. The van der Waals surface area contributed by atoms with E-state index in [0.717, 1.165) is 18.4 Å². The molecule has 0 aromatic heterocycles. The summed E-state index contributed by atoms with van der Waals surface area (Å²) in [7, 11) is 0. The minimum Gasteiger partial charge on any atom is -0.299 e. The van der Waals surface area contributed by atoms with E-state index in [1.165, 1.54) is 42.8 Å². The van der Waals surface area contributed by atoms with Crippen LogP contribution in [0.5, 0.6) is 0 Å². The maximum atomic E-state index is 2.62. The third-order valence-corrected chi connectivity index (χ3v) is 4.82. The fourth-order valence-corrected chi connectivity index (χ4v) is 3.44. The average molecular weight is 277 g/mol. The van der Waals surface area contributed by atoms with Gasteiger partial charge in [0.05, 0.1) is 0 Å². The quantitative estimate of drug-likeness (QED) is 0.720. The molecule has 1 aliphatic rings. The van der Waals surface area contributed by atoms with Crippen molar-refractivity contribution in [3.8, 4) is 0 Å². The fraction of sp³-hybridized carbons (Fsp3) is 0.647. The lowest BCUT2D eigenvalue weighted by atomic mass is 9.88. The predicted molar refractivity (Wildman–Crippen MR) is 85.7 cm³/mol. The molecule has 0 aliphatic carbocycles. The van der Waals surface area contributed by atoms with E-state index in [1.54, 1.807) is 0 Å². The summed E-state index contributed by atoms with van der Waals surface area (Å²) in [6.45, 7) is 8.38. The first-order chi connectivity index (χ1) is 9.17. The zero-order valence-corrected chi connectivity index (χ0v) is 13.4. The first kappa shape index (κ1) is 14.9. The number of hydrogen-bond donors (Lipinski definition) is 0. The third kappa shape index (κ3) is 4.85. The second kappa shape index (κ2) is 7.35. The van der Waals surface area contributed by atoms with Crippen molar-refractivity contribution in [1.82, 2.24) is 4.90 Å². The molecule has 0 atom stereocenters. The number of benzene rings is 1. The van der Waals surface area contributed by atoms with Crippen molar-refractivity contribution in [2.75, 3.05) is 19.3 Å². The molecule has 1 fully saturated rings. The third-order valence-electron chi connectivity index (χ3n) is 4.08. The number of rotatable bonds is 5. The topological polar surface area (TPSA) is 3.24 Å². The lowest BCUT2D eigenvalue weighted by molar-refractivity contribution is 0.164. The van der Waals surface area contributed by atoms with Gasteiger partial charge in [-0.25, -0.2) is 0 Å². The van der Waals surface area contributed by atoms with Gasteiger partial charge in [0.2, 0.25) is 0 Å². The molecule has 1 aromatic carbocycles. The molecule has 0 unspecified atom stereocenters. The fourth-order valence-electron chi connectivity index (χ4n) is 3.04. The van der Waals surface area contributed by atoms with E-state index in [9.17, 15) is 0 Å². The van der Waals surface area contributed by atoms with Gasteiger partial charge in [0.1, 0.15) is 0 Å². The van der Waals surface area contributed by atoms with Gasteiger partial charge in [-0.1, -0.05) is 26.0 Å². The largest absolute Gasteiger partial charge is 0.299 e. The lowest BCUT2D eigenvalue weighted by Gasteiger charge is -2.32. The number of piperidine rings is 1. The molecule has 2 heteroatoms. The van der Waals surface area contributed by atoms with Crippen molar-refractivity contribution < 1.29 is 0 Å². The Morgan fingerprint density at radius 2 is 1.79 bits per heavy atom. The molecular weight excluding hydrogens is 250 g/mol. The molecule has 2 rings (SSSR count). The van der Waals surface area contributed by atoms with E-state index in [1.807, 2.05) is 11.8 Å². The van der Waals surface area contributed by atoms with Crippen LogP contribution in [0.4, 0.5) is 0 Å². The van der Waals surface area contributed by atoms with Gasteiger partial charge in [0.25, 0.3) is 0 Å². The van der Waals surface area contributed by atoms with E-state index in [0.29, 0.717) is 0 Å². The van der Waals surface area contributed by atoms with E-state index >= 15 is 0 Å². The summed E-state index contributed by atoms with van der Waals surface area (Å²) in [5, 5.41) is 0. The Hall–Kier alpha value is -0.470. The van der Waals surface area contributed by atoms with Crippen LogP contribution in [-0.4, -0.2) is 24.2 Å². The number of hydrogen-bond acceptors (Lipinski definition) is 2. The van der Waals surface area contributed by atoms with Gasteiger partial charge in [-0.2, -0.15) is 0 Å². The van der Waals surface area contributed by atoms with Gasteiger partial charge >= 0.3 is 0 Å². The minimum atomic E-state index is 0.857. The van der Waals surface area contributed by atoms with Gasteiger partial charge in [-0.15, -0.1) is 11.8 Å². The summed E-state index contributed by atoms with van der Waals surface area (Å²) in [6.07, 6.45) is 6.33. The summed E-state index contributed by atoms with van der Waals surface area (Å²) in [5.74, 6) is 1.82. The summed E-state index contributed by atoms with van der Waals surface area (Å²) in [4.78, 5) is 3.98. The SMILES string of the molecule is CSc1ccc(CN2CCC(CC(C)C)CC2)cc1. The second-order valence-corrected chi connectivity index (χ2v) is 7.08. The Morgan fingerprint density at radius 3 is 2.32 bits per heavy atom. The van der Waals surface area contributed by atoms with Crippen molar-refractivity contribution in [2.24, 2.45) is 11.8 Å². The molecule has 19 heavy (non-hydrogen) atoms. The Kier molecular flexibility index (Phi) is 5.77. The molecule has 1 heterocycles. The van der Waals surface area contributed by atoms with Gasteiger partial charge in [-0.3, -0.25) is 4.90 Å². The molecule has 0 spiro atoms. The highest BCUT2D eigenvalue weighted by Crippen LogP contribution is 2.25. The summed E-state index contributed by atoms with van der Waals surface area (Å²) < 4.78 is 0. The summed E-state index contributed by atoms with van der Waals surface area (Å²) in [5.41, 5.74) is 1.46. The van der Waals surface area contributed by atoms with Crippen LogP contribution in [0, 0.1) is 11.8 Å². The van der Waals surface area contributed by atoms with Crippen molar-refractivity contribution in [3.05, 3.63) is 29.8 Å².